The Morgan fingerprint density at radius 2 is 1.79 bits per heavy atom. The van der Waals surface area contributed by atoms with Crippen molar-refractivity contribution in [3.63, 3.8) is 0 Å². The second-order valence-corrected chi connectivity index (χ2v) is 9.30. The van der Waals surface area contributed by atoms with Gasteiger partial charge in [0.15, 0.2) is 0 Å². The maximum atomic E-state index is 13.1. The van der Waals surface area contributed by atoms with Crippen molar-refractivity contribution >= 4 is 27.3 Å². The van der Waals surface area contributed by atoms with Crippen LogP contribution < -0.4 is 10.2 Å². The fourth-order valence-corrected chi connectivity index (χ4v) is 4.23. The Labute approximate surface area is 171 Å². The third-order valence-electron chi connectivity index (χ3n) is 4.93. The van der Waals surface area contributed by atoms with Crippen molar-refractivity contribution in [3.05, 3.63) is 53.6 Å². The molecule has 2 aromatic rings. The molecule has 0 radical (unpaired) electrons. The summed E-state index contributed by atoms with van der Waals surface area (Å²) in [6.45, 7) is 1.67. The summed E-state index contributed by atoms with van der Waals surface area (Å²) in [4.78, 5) is 15.2. The van der Waals surface area contributed by atoms with Gasteiger partial charge in [0, 0.05) is 38.6 Å². The van der Waals surface area contributed by atoms with E-state index in [1.807, 2.05) is 0 Å². The standard InChI is InChI=1S/C21H24N4O3S/c1-24(2)29(27,28)18-9-10-20(25-13-3-4-14-25)19(15-18)21(26)23-17-7-5-16(6-8-17)11-12-22/h5-10,15H,3-4,11,13-14H2,1-2H3,(H,23,26). The minimum Gasteiger partial charge on any atom is -0.371 e. The van der Waals surface area contributed by atoms with Crippen molar-refractivity contribution in [3.8, 4) is 6.07 Å². The van der Waals surface area contributed by atoms with Gasteiger partial charge in [-0.2, -0.15) is 5.26 Å². The van der Waals surface area contributed by atoms with Crippen molar-refractivity contribution < 1.29 is 13.2 Å². The first kappa shape index (κ1) is 20.8. The summed E-state index contributed by atoms with van der Waals surface area (Å²) in [5.74, 6) is -0.365. The van der Waals surface area contributed by atoms with Crippen LogP contribution >= 0.6 is 0 Å². The summed E-state index contributed by atoms with van der Waals surface area (Å²) in [7, 11) is -0.725. The molecule has 0 aliphatic carbocycles. The van der Waals surface area contributed by atoms with Gasteiger partial charge in [-0.25, -0.2) is 12.7 Å². The number of amides is 1. The van der Waals surface area contributed by atoms with Crippen LogP contribution in [0.1, 0.15) is 28.8 Å². The van der Waals surface area contributed by atoms with E-state index in [0.29, 0.717) is 17.7 Å². The molecule has 8 heteroatoms. The van der Waals surface area contributed by atoms with E-state index >= 15 is 0 Å². The lowest BCUT2D eigenvalue weighted by Crippen LogP contribution is -2.25. The molecule has 0 atom stereocenters. The molecule has 152 valence electrons. The van der Waals surface area contributed by atoms with Crippen molar-refractivity contribution in [1.82, 2.24) is 4.31 Å². The summed E-state index contributed by atoms with van der Waals surface area (Å²) in [5, 5.41) is 11.6. The van der Waals surface area contributed by atoms with Crippen LogP contribution in [0.4, 0.5) is 11.4 Å². The Hall–Kier alpha value is -2.89. The van der Waals surface area contributed by atoms with Crippen molar-refractivity contribution in [2.75, 3.05) is 37.4 Å². The quantitative estimate of drug-likeness (QED) is 0.787. The van der Waals surface area contributed by atoms with E-state index in [-0.39, 0.29) is 10.8 Å². The van der Waals surface area contributed by atoms with Gasteiger partial charge in [0.2, 0.25) is 10.0 Å². The van der Waals surface area contributed by atoms with Crippen molar-refractivity contribution in [2.45, 2.75) is 24.2 Å². The fraction of sp³-hybridized carbons (Fsp3) is 0.333. The number of anilines is 2. The molecule has 0 bridgehead atoms. The summed E-state index contributed by atoms with van der Waals surface area (Å²) in [6.07, 6.45) is 2.39. The molecule has 0 spiro atoms. The molecule has 1 heterocycles. The van der Waals surface area contributed by atoms with Gasteiger partial charge < -0.3 is 10.2 Å². The smallest absolute Gasteiger partial charge is 0.257 e. The highest BCUT2D eigenvalue weighted by Crippen LogP contribution is 2.29. The highest BCUT2D eigenvalue weighted by Gasteiger charge is 2.24. The average Bonchev–Trinajstić information content (AvgIpc) is 3.23. The highest BCUT2D eigenvalue weighted by molar-refractivity contribution is 7.89. The summed E-state index contributed by atoms with van der Waals surface area (Å²) >= 11 is 0. The first-order chi connectivity index (χ1) is 13.8. The number of hydrogen-bond donors (Lipinski definition) is 1. The van der Waals surface area contributed by atoms with Gasteiger partial charge in [-0.3, -0.25) is 4.79 Å². The molecule has 0 aromatic heterocycles. The third-order valence-corrected chi connectivity index (χ3v) is 6.74. The van der Waals surface area contributed by atoms with Crippen molar-refractivity contribution in [2.24, 2.45) is 0 Å². The number of nitrogens with one attached hydrogen (secondary N) is 1. The topological polar surface area (TPSA) is 93.5 Å². The van der Waals surface area contributed by atoms with E-state index in [2.05, 4.69) is 16.3 Å². The van der Waals surface area contributed by atoms with Gasteiger partial charge in [-0.15, -0.1) is 0 Å². The lowest BCUT2D eigenvalue weighted by Gasteiger charge is -2.22. The van der Waals surface area contributed by atoms with Gasteiger partial charge in [0.1, 0.15) is 0 Å². The van der Waals surface area contributed by atoms with E-state index in [1.165, 1.54) is 20.2 Å². The van der Waals surface area contributed by atoms with Gasteiger partial charge in [0.05, 0.1) is 22.9 Å². The molecule has 7 nitrogen and oxygen atoms in total. The number of nitriles is 1. The first-order valence-electron chi connectivity index (χ1n) is 9.41. The van der Waals surface area contributed by atoms with E-state index in [9.17, 15) is 13.2 Å². The summed E-state index contributed by atoms with van der Waals surface area (Å²) in [5.41, 5.74) is 2.52. The Morgan fingerprint density at radius 3 is 2.38 bits per heavy atom. The van der Waals surface area contributed by atoms with Crippen LogP contribution in [0.15, 0.2) is 47.4 Å². The van der Waals surface area contributed by atoms with E-state index < -0.39 is 10.0 Å². The number of nitrogens with zero attached hydrogens (tertiary/aromatic N) is 3. The highest BCUT2D eigenvalue weighted by atomic mass is 32.2. The van der Waals surface area contributed by atoms with Crippen molar-refractivity contribution in [1.29, 1.82) is 5.26 Å². The molecule has 0 unspecified atom stereocenters. The Kier molecular flexibility index (Phi) is 6.20. The first-order valence-corrected chi connectivity index (χ1v) is 10.9. The summed E-state index contributed by atoms with van der Waals surface area (Å²) in [6, 6.07) is 13.8. The second-order valence-electron chi connectivity index (χ2n) is 7.15. The predicted octanol–water partition coefficient (Wildman–Crippen LogP) is 2.86. The molecule has 1 fully saturated rings. The van der Waals surface area contributed by atoms with E-state index in [4.69, 9.17) is 5.26 Å². The monoisotopic (exact) mass is 412 g/mol. The molecule has 29 heavy (non-hydrogen) atoms. The Morgan fingerprint density at radius 1 is 1.14 bits per heavy atom. The van der Waals surface area contributed by atoms with Crippen LogP contribution in [-0.2, 0) is 16.4 Å². The molecule has 1 saturated heterocycles. The third kappa shape index (κ3) is 4.58. The summed E-state index contributed by atoms with van der Waals surface area (Å²) < 4.78 is 26.2. The van der Waals surface area contributed by atoms with Crippen LogP contribution in [0, 0.1) is 11.3 Å². The maximum absolute atomic E-state index is 13.1. The lowest BCUT2D eigenvalue weighted by atomic mass is 10.1. The SMILES string of the molecule is CN(C)S(=O)(=O)c1ccc(N2CCCC2)c(C(=O)Nc2ccc(CC#N)cc2)c1. The Bertz CT molecular complexity index is 1030. The zero-order chi connectivity index (χ0) is 21.0. The molecule has 1 amide bonds. The molecule has 2 aromatic carbocycles. The molecule has 1 aliphatic heterocycles. The second kappa shape index (κ2) is 8.64. The predicted molar refractivity (Wildman–Crippen MR) is 112 cm³/mol. The van der Waals surface area contributed by atoms with Crippen LogP contribution in [0.25, 0.3) is 0 Å². The fourth-order valence-electron chi connectivity index (χ4n) is 3.30. The molecule has 0 saturated carbocycles. The lowest BCUT2D eigenvalue weighted by molar-refractivity contribution is 0.102. The van der Waals surface area contributed by atoms with Crippen LogP contribution in [0.5, 0.6) is 0 Å². The van der Waals surface area contributed by atoms with E-state index in [0.717, 1.165) is 41.5 Å². The normalized spacial score (nSPS) is 14.1. The van der Waals surface area contributed by atoms with Gasteiger partial charge >= 0.3 is 0 Å². The number of sulfonamides is 1. The number of carbonyl (C=O) groups excluding carboxylic acids is 1. The van der Waals surface area contributed by atoms with Gasteiger partial charge in [-0.05, 0) is 48.7 Å². The van der Waals surface area contributed by atoms with E-state index in [1.54, 1.807) is 36.4 Å². The number of rotatable bonds is 6. The zero-order valence-corrected chi connectivity index (χ0v) is 17.4. The maximum Gasteiger partial charge on any atom is 0.257 e. The molecular weight excluding hydrogens is 388 g/mol. The minimum absolute atomic E-state index is 0.0833. The molecular formula is C21H24N4O3S. The minimum atomic E-state index is -3.65. The molecule has 1 aliphatic rings. The van der Waals surface area contributed by atoms with Crippen LogP contribution in [0.2, 0.25) is 0 Å². The van der Waals surface area contributed by atoms with Gasteiger partial charge in [-0.1, -0.05) is 12.1 Å². The number of carbonyl (C=O) groups is 1. The zero-order valence-electron chi connectivity index (χ0n) is 16.6. The van der Waals surface area contributed by atoms with Crippen LogP contribution in [-0.4, -0.2) is 45.8 Å². The number of hydrogen-bond acceptors (Lipinski definition) is 5. The number of benzene rings is 2. The largest absolute Gasteiger partial charge is 0.371 e. The van der Waals surface area contributed by atoms with Crippen LogP contribution in [0.3, 0.4) is 0 Å². The Balaban J connectivity index is 1.95. The average molecular weight is 413 g/mol. The molecule has 3 rings (SSSR count). The molecule has 1 N–H and O–H groups in total. The van der Waals surface area contributed by atoms with Gasteiger partial charge in [0.25, 0.3) is 5.91 Å².